The monoisotopic (exact) mass is 1080 g/mol. The minimum Gasteiger partial charge on any atom is -0.311 e. The van der Waals surface area contributed by atoms with Crippen LogP contribution in [0.2, 0.25) is 0 Å². The van der Waals surface area contributed by atoms with E-state index in [0.29, 0.717) is 17.5 Å². The number of hydrogen-bond donors (Lipinski definition) is 0. The molecule has 0 N–H and O–H groups in total. The summed E-state index contributed by atoms with van der Waals surface area (Å²) >= 11 is 0. The van der Waals surface area contributed by atoms with Crippen LogP contribution in [0.15, 0.2) is 285 Å². The van der Waals surface area contributed by atoms with E-state index in [1.54, 1.807) is 0 Å². The number of para-hydroxylation sites is 4. The van der Waals surface area contributed by atoms with Gasteiger partial charge in [0.05, 0.1) is 16.7 Å². The summed E-state index contributed by atoms with van der Waals surface area (Å²) in [6.45, 7) is 4.82. The van der Waals surface area contributed by atoms with E-state index >= 15 is 0 Å². The average molecular weight is 1090 g/mol. The summed E-state index contributed by atoms with van der Waals surface area (Å²) in [7, 11) is 0. The second-order valence-corrected chi connectivity index (χ2v) is 23.1. The second-order valence-electron chi connectivity index (χ2n) is 23.1. The Balaban J connectivity index is 0.799. The van der Waals surface area contributed by atoms with Crippen molar-refractivity contribution in [3.8, 4) is 73.2 Å². The molecule has 0 radical (unpaired) electrons. The van der Waals surface area contributed by atoms with Crippen molar-refractivity contribution in [1.29, 1.82) is 0 Å². The van der Waals surface area contributed by atoms with Crippen molar-refractivity contribution in [2.24, 2.45) is 0 Å². The Morgan fingerprint density at radius 3 is 1.45 bits per heavy atom. The highest BCUT2D eigenvalue weighted by atomic mass is 15.2. The molecule has 0 saturated carbocycles. The molecule has 398 valence electrons. The molecule has 2 aliphatic heterocycles. The van der Waals surface area contributed by atoms with E-state index in [0.717, 1.165) is 61.5 Å². The number of hydrogen-bond acceptors (Lipinski definition) is 5. The number of nitrogens with zero attached hydrogens (tertiary/aromatic N) is 6. The SMILES string of the molecule is CC1(C)c2ccccc2-c2cc3c4ccccc4n(-c4ccc(-c5nc(-c6ccccc6)nc(-c6ccccc6)n5)cc4-c4ccc(-c5ccc(N6c7ccccc7B7c8ccccc8N(c8ccccc8)c8cccc6c87)cc5)cc4)c3cc21. The molecule has 4 heterocycles. The number of aromatic nitrogens is 4. The van der Waals surface area contributed by atoms with E-state index in [-0.39, 0.29) is 12.1 Å². The van der Waals surface area contributed by atoms with Crippen molar-refractivity contribution < 1.29 is 0 Å². The Bertz CT molecular complexity index is 4920. The summed E-state index contributed by atoms with van der Waals surface area (Å²) in [5.41, 5.74) is 26.7. The standard InChI is InChI=1S/C78H53BN6/c1-78(2)63-29-14-12-27-58(63)61-48-62-59-28-13-17-32-67(59)85(73(62)49-64(61)78)68-46-43-55(77-81-75(53-21-6-3-7-22-53)80-76(82-77)54-23-8-4-9-24-54)47-60(68)52-39-37-50(38-40-52)51-41-44-57(45-42-51)84-70-34-19-16-31-66(70)79-65-30-15-18-33-69(65)83(56-25-10-5-11-26-56)71-35-20-36-72(84)74(71)79/h3-49H,1-2H3. The molecule has 0 unspecified atom stereocenters. The molecule has 0 amide bonds. The molecule has 0 spiro atoms. The van der Waals surface area contributed by atoms with Gasteiger partial charge >= 0.3 is 0 Å². The molecule has 2 aromatic heterocycles. The van der Waals surface area contributed by atoms with Crippen molar-refractivity contribution in [3.05, 3.63) is 296 Å². The molecular weight excluding hydrogens is 1030 g/mol. The topological polar surface area (TPSA) is 50.1 Å². The lowest BCUT2D eigenvalue weighted by atomic mass is 9.33. The van der Waals surface area contributed by atoms with Crippen LogP contribution in [0.5, 0.6) is 0 Å². The molecule has 0 atom stereocenters. The third kappa shape index (κ3) is 7.63. The lowest BCUT2D eigenvalue weighted by molar-refractivity contribution is 0.661. The fourth-order valence-corrected chi connectivity index (χ4v) is 14.1. The first-order valence-corrected chi connectivity index (χ1v) is 29.3. The highest BCUT2D eigenvalue weighted by Gasteiger charge is 2.43. The average Bonchev–Trinajstić information content (AvgIpc) is 2.56. The van der Waals surface area contributed by atoms with Crippen LogP contribution in [-0.4, -0.2) is 26.2 Å². The van der Waals surface area contributed by atoms with Crippen LogP contribution in [0.3, 0.4) is 0 Å². The van der Waals surface area contributed by atoms with Gasteiger partial charge in [0.2, 0.25) is 0 Å². The Kier molecular flexibility index (Phi) is 11.0. The first-order chi connectivity index (χ1) is 41.9. The van der Waals surface area contributed by atoms with Gasteiger partial charge in [0, 0.05) is 72.6 Å². The fourth-order valence-electron chi connectivity index (χ4n) is 14.1. The fraction of sp³-hybridized carbons (Fsp3) is 0.0385. The first kappa shape index (κ1) is 48.8. The minimum absolute atomic E-state index is 0.0882. The van der Waals surface area contributed by atoms with Gasteiger partial charge in [-0.05, 0) is 140 Å². The van der Waals surface area contributed by atoms with Gasteiger partial charge in [0.1, 0.15) is 0 Å². The summed E-state index contributed by atoms with van der Waals surface area (Å²) in [5, 5.41) is 2.45. The predicted molar refractivity (Wildman–Crippen MR) is 353 cm³/mol. The van der Waals surface area contributed by atoms with Gasteiger partial charge in [-0.25, -0.2) is 15.0 Å². The third-order valence-corrected chi connectivity index (χ3v) is 18.0. The van der Waals surface area contributed by atoms with E-state index < -0.39 is 0 Å². The van der Waals surface area contributed by atoms with Gasteiger partial charge in [-0.2, -0.15) is 0 Å². The van der Waals surface area contributed by atoms with Crippen LogP contribution < -0.4 is 26.2 Å². The van der Waals surface area contributed by atoms with Gasteiger partial charge < -0.3 is 14.4 Å². The molecule has 1 aliphatic carbocycles. The van der Waals surface area contributed by atoms with Crippen LogP contribution in [0.1, 0.15) is 25.0 Å². The summed E-state index contributed by atoms with van der Waals surface area (Å²) in [5.74, 6) is 1.86. The van der Waals surface area contributed by atoms with E-state index in [9.17, 15) is 0 Å². The zero-order valence-electron chi connectivity index (χ0n) is 46.9. The molecule has 12 aromatic carbocycles. The van der Waals surface area contributed by atoms with Crippen molar-refractivity contribution in [2.75, 3.05) is 9.80 Å². The molecule has 6 nitrogen and oxygen atoms in total. The molecule has 3 aliphatic rings. The van der Waals surface area contributed by atoms with Gasteiger partial charge in [-0.3, -0.25) is 0 Å². The van der Waals surface area contributed by atoms with Crippen LogP contribution in [0.25, 0.3) is 95.0 Å². The summed E-state index contributed by atoms with van der Waals surface area (Å²) in [6.07, 6.45) is 0. The summed E-state index contributed by atoms with van der Waals surface area (Å²) in [6, 6.07) is 104. The molecule has 17 rings (SSSR count). The van der Waals surface area contributed by atoms with Crippen molar-refractivity contribution >= 4 is 79.0 Å². The van der Waals surface area contributed by atoms with E-state index in [2.05, 4.69) is 277 Å². The maximum absolute atomic E-state index is 5.23. The Hall–Kier alpha value is -10.9. The van der Waals surface area contributed by atoms with Crippen LogP contribution in [0, 0.1) is 0 Å². The van der Waals surface area contributed by atoms with Gasteiger partial charge in [-0.15, -0.1) is 0 Å². The van der Waals surface area contributed by atoms with Gasteiger partial charge in [0.15, 0.2) is 17.5 Å². The maximum Gasteiger partial charge on any atom is 0.252 e. The summed E-state index contributed by atoms with van der Waals surface area (Å²) in [4.78, 5) is 20.4. The molecule has 0 bridgehead atoms. The zero-order valence-corrected chi connectivity index (χ0v) is 46.9. The van der Waals surface area contributed by atoms with Crippen molar-refractivity contribution in [2.45, 2.75) is 19.3 Å². The number of rotatable bonds is 8. The van der Waals surface area contributed by atoms with Crippen LogP contribution >= 0.6 is 0 Å². The third-order valence-electron chi connectivity index (χ3n) is 18.0. The smallest absolute Gasteiger partial charge is 0.252 e. The summed E-state index contributed by atoms with van der Waals surface area (Å²) < 4.78 is 2.48. The number of benzene rings is 12. The quantitative estimate of drug-likeness (QED) is 0.142. The maximum atomic E-state index is 5.23. The number of fused-ring (bicyclic) bond motifs is 10. The van der Waals surface area contributed by atoms with E-state index in [4.69, 9.17) is 15.0 Å². The molecule has 0 saturated heterocycles. The van der Waals surface area contributed by atoms with Crippen molar-refractivity contribution in [1.82, 2.24) is 19.5 Å². The normalized spacial score (nSPS) is 13.3. The van der Waals surface area contributed by atoms with Crippen molar-refractivity contribution in [3.63, 3.8) is 0 Å². The molecule has 7 heteroatoms. The second kappa shape index (κ2) is 19.1. The highest BCUT2D eigenvalue weighted by Crippen LogP contribution is 2.52. The zero-order chi connectivity index (χ0) is 56.3. The van der Waals surface area contributed by atoms with Crippen LogP contribution in [0.4, 0.5) is 34.1 Å². The first-order valence-electron chi connectivity index (χ1n) is 29.3. The molecular formula is C78H53BN6. The molecule has 0 fully saturated rings. The lowest BCUT2D eigenvalue weighted by Gasteiger charge is -2.44. The van der Waals surface area contributed by atoms with Gasteiger partial charge in [-0.1, -0.05) is 214 Å². The Morgan fingerprint density at radius 2 is 0.800 bits per heavy atom. The van der Waals surface area contributed by atoms with E-state index in [1.807, 2.05) is 36.4 Å². The van der Waals surface area contributed by atoms with Gasteiger partial charge in [0.25, 0.3) is 6.71 Å². The predicted octanol–water partition coefficient (Wildman–Crippen LogP) is 17.7. The minimum atomic E-state index is -0.173. The molecule has 85 heavy (non-hydrogen) atoms. The Labute approximate surface area is 494 Å². The number of anilines is 6. The van der Waals surface area contributed by atoms with E-state index in [1.165, 1.54) is 77.7 Å². The Morgan fingerprint density at radius 1 is 0.306 bits per heavy atom. The molecule has 14 aromatic rings. The highest BCUT2D eigenvalue weighted by molar-refractivity contribution is 7.00. The largest absolute Gasteiger partial charge is 0.311 e. The van der Waals surface area contributed by atoms with Crippen LogP contribution in [-0.2, 0) is 5.41 Å². The lowest BCUT2D eigenvalue weighted by Crippen LogP contribution is -2.61.